The van der Waals surface area contributed by atoms with Crippen molar-refractivity contribution in [1.29, 1.82) is 0 Å². The number of methoxy groups -OCH3 is 2. The Balaban J connectivity index is 1.45. The second-order valence-corrected chi connectivity index (χ2v) is 12.7. The first-order chi connectivity index (χ1) is 20.3. The Kier molecular flexibility index (Phi) is 7.69. The van der Waals surface area contributed by atoms with Gasteiger partial charge >= 0.3 is 4.87 Å². The molecule has 3 amide bonds. The number of fused-ring (bicyclic) bond motifs is 2. The van der Waals surface area contributed by atoms with Crippen molar-refractivity contribution >= 4 is 68.1 Å². The number of aromatic nitrogens is 1. The molecule has 42 heavy (non-hydrogen) atoms. The molecule has 0 aliphatic carbocycles. The van der Waals surface area contributed by atoms with Gasteiger partial charge in [-0.25, -0.2) is 4.90 Å². The van der Waals surface area contributed by atoms with Crippen molar-refractivity contribution < 1.29 is 23.9 Å². The van der Waals surface area contributed by atoms with Gasteiger partial charge in [-0.15, -0.1) is 0 Å². The average Bonchev–Trinajstić information content (AvgIpc) is 3.44. The van der Waals surface area contributed by atoms with Gasteiger partial charge in [0.1, 0.15) is 11.8 Å². The van der Waals surface area contributed by atoms with Crippen LogP contribution in [0.25, 0.3) is 0 Å². The Hall–Kier alpha value is -3.87. The number of rotatable bonds is 7. The number of benzene rings is 3. The molecule has 3 heterocycles. The molecule has 9 nitrogen and oxygen atoms in total. The lowest BCUT2D eigenvalue weighted by Crippen LogP contribution is -2.33. The van der Waals surface area contributed by atoms with Crippen molar-refractivity contribution in [3.8, 4) is 11.5 Å². The number of nitrogens with one attached hydrogen (secondary N) is 1. The van der Waals surface area contributed by atoms with Crippen LogP contribution >= 0.6 is 39.0 Å². The maximum absolute atomic E-state index is 14.1. The van der Waals surface area contributed by atoms with E-state index in [0.717, 1.165) is 15.8 Å². The molecule has 1 fully saturated rings. The highest BCUT2D eigenvalue weighted by atomic mass is 79.9. The van der Waals surface area contributed by atoms with Gasteiger partial charge in [-0.2, -0.15) is 0 Å². The van der Waals surface area contributed by atoms with E-state index in [1.165, 1.54) is 35.4 Å². The second kappa shape index (κ2) is 11.4. The molecule has 0 unspecified atom stereocenters. The van der Waals surface area contributed by atoms with E-state index in [-0.39, 0.29) is 29.1 Å². The van der Waals surface area contributed by atoms with Gasteiger partial charge in [-0.3, -0.25) is 23.7 Å². The van der Waals surface area contributed by atoms with Crippen LogP contribution < -0.4 is 24.6 Å². The second-order valence-electron chi connectivity index (χ2n) is 9.68. The number of amides is 3. The van der Waals surface area contributed by atoms with Crippen LogP contribution in [0.5, 0.6) is 11.5 Å². The summed E-state index contributed by atoms with van der Waals surface area (Å²) in [6, 6.07) is 21.3. The van der Waals surface area contributed by atoms with Crippen LogP contribution in [0.15, 0.2) is 87.1 Å². The van der Waals surface area contributed by atoms with E-state index < -0.39 is 17.1 Å². The van der Waals surface area contributed by atoms with Gasteiger partial charge in [-0.05, 0) is 54.1 Å². The summed E-state index contributed by atoms with van der Waals surface area (Å²) in [5.74, 6) is -1.52. The van der Waals surface area contributed by atoms with Crippen molar-refractivity contribution in [3.05, 3.63) is 97.4 Å². The third-order valence-corrected chi connectivity index (χ3v) is 10.4. The van der Waals surface area contributed by atoms with Gasteiger partial charge < -0.3 is 14.8 Å². The molecule has 3 aromatic carbocycles. The molecule has 2 aliphatic rings. The number of halogens is 1. The van der Waals surface area contributed by atoms with E-state index >= 15 is 0 Å². The number of anilines is 2. The van der Waals surface area contributed by atoms with Crippen molar-refractivity contribution in [2.45, 2.75) is 22.7 Å². The Morgan fingerprint density at radius 2 is 1.64 bits per heavy atom. The number of para-hydroxylation sites is 1. The lowest BCUT2D eigenvalue weighted by Gasteiger charge is -2.31. The van der Waals surface area contributed by atoms with Crippen molar-refractivity contribution in [3.63, 3.8) is 0 Å². The fraction of sp³-hybridized carbons (Fsp3) is 0.200. The smallest absolute Gasteiger partial charge is 0.308 e. The van der Waals surface area contributed by atoms with Gasteiger partial charge in [0.25, 0.3) is 0 Å². The summed E-state index contributed by atoms with van der Waals surface area (Å²) in [5, 5.41) is 2.52. The molecular formula is C30H24BrN3O6S2. The van der Waals surface area contributed by atoms with Crippen LogP contribution in [0.3, 0.4) is 0 Å². The van der Waals surface area contributed by atoms with Gasteiger partial charge in [0.2, 0.25) is 17.7 Å². The first-order valence-electron chi connectivity index (χ1n) is 12.9. The highest BCUT2D eigenvalue weighted by Gasteiger charge is 2.57. The number of carbonyl (C=O) groups is 3. The molecule has 214 valence electrons. The SMILES string of the molecule is COc1ccc([C@@H]2c3sc(=O)n(CC(=O)Nc4ccccc4)c3S[C@@H]3C(=O)N(c4ccc(Br)cc4)C(=O)[C@H]23)cc1OC. The molecule has 2 aliphatic heterocycles. The Bertz CT molecular complexity index is 1760. The van der Waals surface area contributed by atoms with Gasteiger partial charge in [-0.1, -0.05) is 63.3 Å². The fourth-order valence-electron chi connectivity index (χ4n) is 5.37. The number of thiazole rings is 1. The summed E-state index contributed by atoms with van der Waals surface area (Å²) in [7, 11) is 3.05. The third kappa shape index (κ3) is 4.93. The molecule has 12 heteroatoms. The predicted molar refractivity (Wildman–Crippen MR) is 165 cm³/mol. The lowest BCUT2D eigenvalue weighted by atomic mass is 9.83. The topological polar surface area (TPSA) is 107 Å². The molecule has 0 radical (unpaired) electrons. The molecule has 0 spiro atoms. The maximum Gasteiger partial charge on any atom is 0.308 e. The summed E-state index contributed by atoms with van der Waals surface area (Å²) in [6.45, 7) is -0.235. The zero-order chi connectivity index (χ0) is 29.5. The standard InChI is InChI=1S/C30H24BrN3O6S2/c1-39-20-13-8-16(14-21(20)40-2)23-24-25(28(37)34(27(24)36)19-11-9-17(31)10-12-19)41-29-26(23)42-30(38)33(29)15-22(35)32-18-6-4-3-5-7-18/h3-14,23-25H,15H2,1-2H3,(H,32,35)/t23-,24+,25-/m0/s1. The number of hydrogen-bond acceptors (Lipinski definition) is 8. The molecule has 1 saturated heterocycles. The first-order valence-corrected chi connectivity index (χ1v) is 15.4. The molecule has 4 aromatic rings. The molecule has 6 rings (SSSR count). The van der Waals surface area contributed by atoms with E-state index in [2.05, 4.69) is 21.2 Å². The van der Waals surface area contributed by atoms with E-state index in [0.29, 0.717) is 38.3 Å². The van der Waals surface area contributed by atoms with Crippen LogP contribution in [0.2, 0.25) is 0 Å². The monoisotopic (exact) mass is 665 g/mol. The summed E-state index contributed by atoms with van der Waals surface area (Å²) < 4.78 is 13.2. The zero-order valence-corrected chi connectivity index (χ0v) is 25.6. The molecule has 0 bridgehead atoms. The van der Waals surface area contributed by atoms with E-state index in [9.17, 15) is 19.2 Å². The largest absolute Gasteiger partial charge is 0.493 e. The number of imide groups is 1. The summed E-state index contributed by atoms with van der Waals surface area (Å²) in [4.78, 5) is 55.8. The average molecular weight is 667 g/mol. The van der Waals surface area contributed by atoms with E-state index in [1.54, 1.807) is 60.7 Å². The normalized spacial score (nSPS) is 19.3. The number of hydrogen-bond donors (Lipinski definition) is 1. The van der Waals surface area contributed by atoms with E-state index in [4.69, 9.17) is 9.47 Å². The molecule has 0 saturated carbocycles. The Morgan fingerprint density at radius 1 is 0.929 bits per heavy atom. The highest BCUT2D eigenvalue weighted by Crippen LogP contribution is 2.54. The van der Waals surface area contributed by atoms with Crippen molar-refractivity contribution in [2.24, 2.45) is 5.92 Å². The van der Waals surface area contributed by atoms with Crippen LogP contribution in [0, 0.1) is 5.92 Å². The number of ether oxygens (including phenoxy) is 2. The van der Waals surface area contributed by atoms with Crippen molar-refractivity contribution in [2.75, 3.05) is 24.4 Å². The van der Waals surface area contributed by atoms with Crippen LogP contribution in [-0.2, 0) is 20.9 Å². The summed E-state index contributed by atoms with van der Waals surface area (Å²) in [6.07, 6.45) is 0. The molecular weight excluding hydrogens is 642 g/mol. The van der Waals surface area contributed by atoms with E-state index in [1.807, 2.05) is 12.1 Å². The minimum atomic E-state index is -0.802. The lowest BCUT2D eigenvalue weighted by molar-refractivity contribution is -0.122. The summed E-state index contributed by atoms with van der Waals surface area (Å²) >= 11 is 5.56. The molecule has 1 aromatic heterocycles. The van der Waals surface area contributed by atoms with Crippen LogP contribution in [0.1, 0.15) is 16.4 Å². The summed E-state index contributed by atoms with van der Waals surface area (Å²) in [5.41, 5.74) is 1.78. The first kappa shape index (κ1) is 28.3. The van der Waals surface area contributed by atoms with Crippen molar-refractivity contribution in [1.82, 2.24) is 4.57 Å². The quantitative estimate of drug-likeness (QED) is 0.273. The highest BCUT2D eigenvalue weighted by molar-refractivity contribution is 9.10. The maximum atomic E-state index is 14.1. The number of thioether (sulfide) groups is 1. The minimum absolute atomic E-state index is 0.235. The predicted octanol–water partition coefficient (Wildman–Crippen LogP) is 5.12. The van der Waals surface area contributed by atoms with Gasteiger partial charge in [0.15, 0.2) is 11.5 Å². The van der Waals surface area contributed by atoms with Crippen LogP contribution in [0.4, 0.5) is 11.4 Å². The zero-order valence-electron chi connectivity index (χ0n) is 22.4. The number of nitrogens with zero attached hydrogens (tertiary/aromatic N) is 2. The molecule has 3 atom stereocenters. The Morgan fingerprint density at radius 3 is 2.33 bits per heavy atom. The number of carbonyl (C=O) groups excluding carboxylic acids is 3. The Labute approximate surface area is 257 Å². The third-order valence-electron chi connectivity index (χ3n) is 7.26. The van der Waals surface area contributed by atoms with Gasteiger partial charge in [0, 0.05) is 21.0 Å². The van der Waals surface area contributed by atoms with Crippen LogP contribution in [-0.4, -0.2) is 41.8 Å². The molecule has 1 N–H and O–H groups in total. The fourth-order valence-corrected chi connectivity index (χ4v) is 8.41. The minimum Gasteiger partial charge on any atom is -0.493 e. The van der Waals surface area contributed by atoms with Gasteiger partial charge in [0.05, 0.1) is 30.9 Å².